The van der Waals surface area contributed by atoms with Crippen LogP contribution in [0.4, 0.5) is 18.0 Å². The highest BCUT2D eigenvalue weighted by molar-refractivity contribution is 5.95. The molecule has 1 amide bonds. The summed E-state index contributed by atoms with van der Waals surface area (Å²) in [6.07, 6.45) is -20.2. The Morgan fingerprint density at radius 3 is 2.15 bits per heavy atom. The van der Waals surface area contributed by atoms with Gasteiger partial charge < -0.3 is 49.1 Å². The number of fused-ring (bicyclic) bond motifs is 5. The van der Waals surface area contributed by atoms with Crippen LogP contribution in [0.5, 0.6) is 0 Å². The van der Waals surface area contributed by atoms with E-state index in [0.717, 1.165) is 6.92 Å². The summed E-state index contributed by atoms with van der Waals surface area (Å²) in [7, 11) is 0. The van der Waals surface area contributed by atoms with Crippen molar-refractivity contribution in [2.24, 2.45) is 16.7 Å². The Labute approximate surface area is 344 Å². The maximum atomic E-state index is 15.4. The average molecular weight is 856 g/mol. The van der Waals surface area contributed by atoms with Crippen LogP contribution in [0.1, 0.15) is 91.9 Å². The van der Waals surface area contributed by atoms with Gasteiger partial charge in [0.05, 0.1) is 29.6 Å². The molecule has 4 N–H and O–H groups in total. The molecule has 1 heterocycles. The van der Waals surface area contributed by atoms with E-state index in [-0.39, 0.29) is 29.6 Å². The minimum Gasteiger partial charge on any atom is -0.456 e. The number of hydrogen-bond donors (Lipinski definition) is 4. The van der Waals surface area contributed by atoms with Gasteiger partial charge in [0.1, 0.15) is 29.5 Å². The summed E-state index contributed by atoms with van der Waals surface area (Å²) in [5.41, 5.74) is -10.1. The molecule has 0 spiro atoms. The van der Waals surface area contributed by atoms with E-state index >= 15 is 4.79 Å². The molecule has 1 aliphatic heterocycles. The summed E-state index contributed by atoms with van der Waals surface area (Å²) in [5.74, 6) is -7.48. The van der Waals surface area contributed by atoms with E-state index in [9.17, 15) is 52.5 Å². The summed E-state index contributed by atoms with van der Waals surface area (Å²) >= 11 is 0. The number of alkyl halides is 3. The number of rotatable bonds is 9. The molecule has 332 valence electrons. The molecule has 1 aromatic carbocycles. The molecule has 3 fully saturated rings. The number of aliphatic hydroxyl groups excluding tert-OH is 2. The van der Waals surface area contributed by atoms with Crippen LogP contribution in [0.2, 0.25) is 0 Å². The SMILES string of the molecule is CCC(=O)O[C@H]1C(=O)[C@@]2(C)[C@H]([C@H](OC(=O)c3ccccc3)[C@]3(O)C[C@H](OC(=O)[C@H](O)[C@@H](NC(=O)OC(C)(C)C)C(F)(F)F)C(C)=C1C3(C)C)[C@]1(OC(C)=O)CO[C@@H]1C[C@@H]2O. The monoisotopic (exact) mass is 855 g/mol. The van der Waals surface area contributed by atoms with E-state index in [0.29, 0.717) is 0 Å². The van der Waals surface area contributed by atoms with Crippen LogP contribution in [0.15, 0.2) is 41.5 Å². The van der Waals surface area contributed by atoms with Gasteiger partial charge in [0.25, 0.3) is 0 Å². The largest absolute Gasteiger partial charge is 0.456 e. The highest BCUT2D eigenvalue weighted by Gasteiger charge is 2.78. The van der Waals surface area contributed by atoms with Gasteiger partial charge in [-0.05, 0) is 57.9 Å². The number of hydrogen-bond acceptors (Lipinski definition) is 15. The molecule has 11 atom stereocenters. The zero-order valence-electron chi connectivity index (χ0n) is 34.7. The summed E-state index contributed by atoms with van der Waals surface area (Å²) < 4.78 is 77.2. The second-order valence-corrected chi connectivity index (χ2v) is 17.5. The molecule has 16 nitrogen and oxygen atoms in total. The zero-order valence-corrected chi connectivity index (χ0v) is 34.7. The van der Waals surface area contributed by atoms with E-state index in [1.54, 1.807) is 6.07 Å². The molecule has 0 aromatic heterocycles. The molecule has 19 heteroatoms. The van der Waals surface area contributed by atoms with E-state index in [1.807, 2.05) is 0 Å². The molecule has 2 saturated carbocycles. The first kappa shape index (κ1) is 46.5. The lowest BCUT2D eigenvalue weighted by Gasteiger charge is -2.67. The van der Waals surface area contributed by atoms with E-state index < -0.39 is 131 Å². The van der Waals surface area contributed by atoms with E-state index in [4.69, 9.17) is 28.4 Å². The Balaban J connectivity index is 1.75. The van der Waals surface area contributed by atoms with Gasteiger partial charge in [-0.25, -0.2) is 14.4 Å². The van der Waals surface area contributed by atoms with E-state index in [2.05, 4.69) is 0 Å². The predicted octanol–water partition coefficient (Wildman–Crippen LogP) is 3.41. The van der Waals surface area contributed by atoms with Crippen LogP contribution in [0.25, 0.3) is 0 Å². The fraction of sp³-hybridized carbons (Fsp3) is 0.659. The number of Topliss-reactive ketones (excluding diaryl/α,β-unsaturated/α-hetero) is 1. The molecule has 0 radical (unpaired) electrons. The Hall–Kier alpha value is -4.59. The third kappa shape index (κ3) is 8.00. The molecule has 4 aliphatic rings. The van der Waals surface area contributed by atoms with Crippen LogP contribution >= 0.6 is 0 Å². The molecule has 1 saturated heterocycles. The van der Waals surface area contributed by atoms with Crippen molar-refractivity contribution in [2.45, 2.75) is 147 Å². The van der Waals surface area contributed by atoms with Crippen LogP contribution in [0.3, 0.4) is 0 Å². The van der Waals surface area contributed by atoms with Gasteiger partial charge in [-0.2, -0.15) is 13.2 Å². The Morgan fingerprint density at radius 1 is 1.02 bits per heavy atom. The lowest BCUT2D eigenvalue weighted by molar-refractivity contribution is -0.346. The smallest absolute Gasteiger partial charge is 0.411 e. The molecule has 3 aliphatic carbocycles. The van der Waals surface area contributed by atoms with Crippen LogP contribution in [0, 0.1) is 16.7 Å². The maximum absolute atomic E-state index is 15.4. The maximum Gasteiger partial charge on any atom is 0.411 e. The number of nitrogens with one attached hydrogen (secondary N) is 1. The number of benzene rings is 1. The van der Waals surface area contributed by atoms with Gasteiger partial charge >= 0.3 is 36.1 Å². The molecule has 60 heavy (non-hydrogen) atoms. The Kier molecular flexibility index (Phi) is 12.4. The van der Waals surface area contributed by atoms with Gasteiger partial charge in [-0.1, -0.05) is 39.0 Å². The summed E-state index contributed by atoms with van der Waals surface area (Å²) in [6.45, 7) is 11.6. The highest BCUT2D eigenvalue weighted by atomic mass is 19.4. The average Bonchev–Trinajstić information content (AvgIpc) is 3.13. The number of carbonyl (C=O) groups excluding carboxylic acids is 6. The van der Waals surface area contributed by atoms with Crippen molar-refractivity contribution >= 4 is 35.8 Å². The first-order valence-electron chi connectivity index (χ1n) is 19.4. The highest BCUT2D eigenvalue weighted by Crippen LogP contribution is 2.64. The van der Waals surface area contributed by atoms with Gasteiger partial charge in [0.2, 0.25) is 0 Å². The normalized spacial score (nSPS) is 33.2. The molecule has 5 rings (SSSR count). The van der Waals surface area contributed by atoms with Crippen LogP contribution in [-0.2, 0) is 47.6 Å². The summed E-state index contributed by atoms with van der Waals surface area (Å²) in [5, 5.41) is 37.8. The first-order chi connectivity index (χ1) is 27.6. The topological polar surface area (TPSA) is 231 Å². The van der Waals surface area contributed by atoms with Crippen molar-refractivity contribution in [1.29, 1.82) is 0 Å². The Morgan fingerprint density at radius 2 is 1.63 bits per heavy atom. The van der Waals surface area contributed by atoms with Gasteiger partial charge in [-0.3, -0.25) is 14.4 Å². The summed E-state index contributed by atoms with van der Waals surface area (Å²) in [4.78, 5) is 81.7. The predicted molar refractivity (Wildman–Crippen MR) is 198 cm³/mol. The number of alkyl carbamates (subject to hydrolysis) is 1. The fourth-order valence-electron chi connectivity index (χ4n) is 9.19. The zero-order chi connectivity index (χ0) is 45.1. The molecule has 1 aromatic rings. The van der Waals surface area contributed by atoms with Crippen molar-refractivity contribution in [3.8, 4) is 0 Å². The standard InChI is InChI=1S/C41H52F3NO15/c1-10-25(48)57-28-26-19(2)22(56-34(52)27(49)30(41(42,43)44)45-35(53)60-36(4,5)6)17-40(54,37(26,7)8)32(58-33(51)21-14-12-11-13-15-21)29-38(9,31(28)50)23(47)16-24-39(29,18-55-24)59-20(3)46/h11-15,22-24,27-30,32,47,49,54H,10,16-18H2,1-9H3,(H,45,53)/t22-,23-,24+,27+,28+,29-,30+,32-,38+,39-,40+/m0/s1. The van der Waals surface area contributed by atoms with Gasteiger partial charge in [0.15, 0.2) is 29.6 Å². The van der Waals surface area contributed by atoms with Crippen molar-refractivity contribution in [1.82, 2.24) is 5.32 Å². The number of carbonyl (C=O) groups is 6. The quantitative estimate of drug-likeness (QED) is 0.159. The lowest BCUT2D eigenvalue weighted by Crippen LogP contribution is -2.82. The van der Waals surface area contributed by atoms with Crippen molar-refractivity contribution in [2.75, 3.05) is 6.61 Å². The molecular weight excluding hydrogens is 803 g/mol. The van der Waals surface area contributed by atoms with Crippen LogP contribution in [-0.4, -0.2) is 123 Å². The fourth-order valence-corrected chi connectivity index (χ4v) is 9.19. The van der Waals surface area contributed by atoms with Crippen molar-refractivity contribution < 1.29 is 85.7 Å². The minimum absolute atomic E-state index is 0.0346. The second-order valence-electron chi connectivity index (χ2n) is 17.5. The number of ether oxygens (including phenoxy) is 6. The first-order valence-corrected chi connectivity index (χ1v) is 19.4. The number of esters is 4. The lowest BCUT2D eigenvalue weighted by atomic mass is 9.44. The minimum atomic E-state index is -5.44. The third-order valence-corrected chi connectivity index (χ3v) is 12.3. The number of amides is 1. The van der Waals surface area contributed by atoms with E-state index in [1.165, 1.54) is 85.0 Å². The van der Waals surface area contributed by atoms with Crippen molar-refractivity contribution in [3.63, 3.8) is 0 Å². The van der Waals surface area contributed by atoms with Crippen LogP contribution < -0.4 is 5.32 Å². The van der Waals surface area contributed by atoms with Gasteiger partial charge in [0, 0.05) is 31.6 Å². The molecule has 2 bridgehead atoms. The number of aliphatic hydroxyl groups is 3. The third-order valence-electron chi connectivity index (χ3n) is 12.3. The number of halogens is 3. The van der Waals surface area contributed by atoms with Gasteiger partial charge in [-0.15, -0.1) is 0 Å². The van der Waals surface area contributed by atoms with Crippen molar-refractivity contribution in [3.05, 3.63) is 47.0 Å². The molecule has 0 unspecified atom stereocenters. The molecular formula is C41H52F3NO15. The summed E-state index contributed by atoms with van der Waals surface area (Å²) in [6, 6.07) is 4.17. The second kappa shape index (κ2) is 16.0. The number of ketones is 1. The Bertz CT molecular complexity index is 1930.